The zero-order chi connectivity index (χ0) is 20.3. The van der Waals surface area contributed by atoms with Gasteiger partial charge in [0, 0.05) is 13.6 Å². The number of aryl methyl sites for hydroxylation is 1. The first-order valence-corrected chi connectivity index (χ1v) is 8.44. The summed E-state index contributed by atoms with van der Waals surface area (Å²) in [5.74, 6) is -0.259. The maximum atomic E-state index is 12.3. The number of carbonyl (C=O) groups excluding carboxylic acids is 1. The van der Waals surface area contributed by atoms with E-state index in [0.29, 0.717) is 11.1 Å². The van der Waals surface area contributed by atoms with Gasteiger partial charge in [-0.3, -0.25) is 13.9 Å². The normalized spacial score (nSPS) is 11.6. The molecule has 0 saturated heterocycles. The molecule has 2 aromatic carbocycles. The van der Waals surface area contributed by atoms with E-state index in [1.54, 1.807) is 37.4 Å². The molecule has 148 valence electrons. The van der Waals surface area contributed by atoms with Crippen LogP contribution >= 0.6 is 0 Å². The molecule has 1 aromatic heterocycles. The van der Waals surface area contributed by atoms with Gasteiger partial charge in [0.15, 0.2) is 6.61 Å². The monoisotopic (exact) mass is 393 g/mol. The molecule has 1 amide bonds. The van der Waals surface area contributed by atoms with Crippen molar-refractivity contribution in [2.75, 3.05) is 6.61 Å². The average Bonchev–Trinajstić information content (AvgIpc) is 2.90. The maximum absolute atomic E-state index is 12.3. The number of rotatable bonds is 6. The van der Waals surface area contributed by atoms with Gasteiger partial charge in [-0.2, -0.15) is 13.2 Å². The Morgan fingerprint density at radius 1 is 1.07 bits per heavy atom. The fourth-order valence-corrected chi connectivity index (χ4v) is 2.78. The highest BCUT2D eigenvalue weighted by Crippen LogP contribution is 2.19. The zero-order valence-corrected chi connectivity index (χ0v) is 15.0. The number of nitrogens with zero attached hydrogens (tertiary/aromatic N) is 2. The Labute approximate surface area is 158 Å². The van der Waals surface area contributed by atoms with Crippen LogP contribution in [0.25, 0.3) is 11.0 Å². The minimum atomic E-state index is -4.40. The third kappa shape index (κ3) is 4.54. The Balaban J connectivity index is 1.59. The van der Waals surface area contributed by atoms with Crippen LogP contribution in [-0.2, 0) is 24.9 Å². The van der Waals surface area contributed by atoms with Crippen LogP contribution in [0.2, 0.25) is 0 Å². The summed E-state index contributed by atoms with van der Waals surface area (Å²) in [6.07, 6.45) is -4.40. The number of para-hydroxylation sites is 2. The highest BCUT2D eigenvalue weighted by atomic mass is 19.4. The van der Waals surface area contributed by atoms with E-state index in [0.717, 1.165) is 5.52 Å². The number of imidazole rings is 1. The molecule has 0 aliphatic heterocycles. The van der Waals surface area contributed by atoms with Crippen LogP contribution in [0.15, 0.2) is 53.3 Å². The number of nitrogens with one attached hydrogen (secondary N) is 1. The number of carbonyl (C=O) groups is 1. The predicted octanol–water partition coefficient (Wildman–Crippen LogP) is 2.60. The number of aromatic nitrogens is 2. The second kappa shape index (κ2) is 7.79. The molecule has 1 N–H and O–H groups in total. The van der Waals surface area contributed by atoms with Crippen LogP contribution in [0.1, 0.15) is 5.56 Å². The van der Waals surface area contributed by atoms with Gasteiger partial charge < -0.3 is 10.1 Å². The average molecular weight is 393 g/mol. The van der Waals surface area contributed by atoms with E-state index in [1.165, 1.54) is 21.3 Å². The smallest absolute Gasteiger partial charge is 0.422 e. The van der Waals surface area contributed by atoms with Gasteiger partial charge in [-0.05, 0) is 29.8 Å². The van der Waals surface area contributed by atoms with Crippen molar-refractivity contribution < 1.29 is 22.7 Å². The Kier molecular flexibility index (Phi) is 5.43. The second-order valence-corrected chi connectivity index (χ2v) is 6.24. The lowest BCUT2D eigenvalue weighted by Gasteiger charge is -2.10. The molecule has 28 heavy (non-hydrogen) atoms. The summed E-state index contributed by atoms with van der Waals surface area (Å²) < 4.78 is 43.9. The lowest BCUT2D eigenvalue weighted by molar-refractivity contribution is -0.153. The fraction of sp³-hybridized carbons (Fsp3) is 0.263. The lowest BCUT2D eigenvalue weighted by Crippen LogP contribution is -2.32. The molecular formula is C19H18F3N3O3. The topological polar surface area (TPSA) is 65.3 Å². The van der Waals surface area contributed by atoms with Crippen molar-refractivity contribution in [3.63, 3.8) is 0 Å². The van der Waals surface area contributed by atoms with E-state index in [1.807, 2.05) is 6.07 Å². The van der Waals surface area contributed by atoms with E-state index in [4.69, 9.17) is 0 Å². The Morgan fingerprint density at radius 2 is 1.71 bits per heavy atom. The number of hydrogen-bond acceptors (Lipinski definition) is 3. The standard InChI is InChI=1S/C19H18F3N3O3/c1-24-15-4-2-3-5-16(15)25(18(24)27)11-17(26)23-10-13-6-8-14(9-7-13)28-12-19(20,21)22/h2-9H,10-12H2,1H3,(H,23,26). The summed E-state index contributed by atoms with van der Waals surface area (Å²) in [7, 11) is 1.64. The molecule has 0 fully saturated rings. The first-order valence-electron chi connectivity index (χ1n) is 8.44. The first kappa shape index (κ1) is 19.5. The third-order valence-electron chi connectivity index (χ3n) is 4.17. The molecule has 0 aliphatic carbocycles. The molecule has 0 saturated carbocycles. The van der Waals surface area contributed by atoms with Crippen molar-refractivity contribution in [1.29, 1.82) is 0 Å². The van der Waals surface area contributed by atoms with Gasteiger partial charge in [0.25, 0.3) is 0 Å². The molecule has 0 bridgehead atoms. The molecule has 0 spiro atoms. The molecule has 1 heterocycles. The van der Waals surface area contributed by atoms with Crippen LogP contribution < -0.4 is 15.7 Å². The molecule has 9 heteroatoms. The van der Waals surface area contributed by atoms with Crippen molar-refractivity contribution >= 4 is 16.9 Å². The summed E-state index contributed by atoms with van der Waals surface area (Å²) >= 11 is 0. The Morgan fingerprint density at radius 3 is 2.36 bits per heavy atom. The van der Waals surface area contributed by atoms with Crippen molar-refractivity contribution in [3.8, 4) is 5.75 Å². The van der Waals surface area contributed by atoms with Crippen LogP contribution in [0, 0.1) is 0 Å². The van der Waals surface area contributed by atoms with E-state index < -0.39 is 12.8 Å². The maximum Gasteiger partial charge on any atom is 0.422 e. The number of ether oxygens (including phenoxy) is 1. The van der Waals surface area contributed by atoms with Crippen molar-refractivity contribution in [3.05, 3.63) is 64.6 Å². The minimum absolute atomic E-state index is 0.0923. The number of fused-ring (bicyclic) bond motifs is 1. The zero-order valence-electron chi connectivity index (χ0n) is 15.0. The van der Waals surface area contributed by atoms with Gasteiger partial charge >= 0.3 is 11.9 Å². The molecular weight excluding hydrogens is 375 g/mol. The van der Waals surface area contributed by atoms with Gasteiger partial charge in [-0.25, -0.2) is 4.79 Å². The largest absolute Gasteiger partial charge is 0.484 e. The molecule has 3 aromatic rings. The van der Waals surface area contributed by atoms with Crippen LogP contribution in [0.5, 0.6) is 5.75 Å². The summed E-state index contributed by atoms with van der Waals surface area (Å²) in [4.78, 5) is 24.6. The summed E-state index contributed by atoms with van der Waals surface area (Å²) in [6.45, 7) is -1.31. The number of alkyl halides is 3. The van der Waals surface area contributed by atoms with Crippen molar-refractivity contribution in [1.82, 2.24) is 14.5 Å². The first-order chi connectivity index (χ1) is 13.2. The fourth-order valence-electron chi connectivity index (χ4n) is 2.78. The molecule has 6 nitrogen and oxygen atoms in total. The number of benzene rings is 2. The third-order valence-corrected chi connectivity index (χ3v) is 4.17. The van der Waals surface area contributed by atoms with E-state index in [2.05, 4.69) is 10.1 Å². The van der Waals surface area contributed by atoms with Crippen LogP contribution in [0.3, 0.4) is 0 Å². The minimum Gasteiger partial charge on any atom is -0.484 e. The second-order valence-electron chi connectivity index (χ2n) is 6.24. The van der Waals surface area contributed by atoms with Gasteiger partial charge in [-0.15, -0.1) is 0 Å². The number of halogens is 3. The quantitative estimate of drug-likeness (QED) is 0.700. The number of amides is 1. The van der Waals surface area contributed by atoms with Gasteiger partial charge in [0.1, 0.15) is 12.3 Å². The van der Waals surface area contributed by atoms with E-state index in [-0.39, 0.29) is 30.4 Å². The molecule has 0 aliphatic rings. The van der Waals surface area contributed by atoms with Crippen LogP contribution in [-0.4, -0.2) is 27.8 Å². The SMILES string of the molecule is Cn1c(=O)n(CC(=O)NCc2ccc(OCC(F)(F)F)cc2)c2ccccc21. The summed E-state index contributed by atoms with van der Waals surface area (Å²) in [5.41, 5.74) is 1.80. The summed E-state index contributed by atoms with van der Waals surface area (Å²) in [6, 6.07) is 13.1. The Bertz CT molecular complexity index is 1040. The van der Waals surface area contributed by atoms with Gasteiger partial charge in [0.05, 0.1) is 11.0 Å². The summed E-state index contributed by atoms with van der Waals surface area (Å²) in [5, 5.41) is 2.70. The highest BCUT2D eigenvalue weighted by molar-refractivity contribution is 5.80. The van der Waals surface area contributed by atoms with Crippen LogP contribution in [0.4, 0.5) is 13.2 Å². The Hall–Kier alpha value is -3.23. The molecule has 0 unspecified atom stereocenters. The number of hydrogen-bond donors (Lipinski definition) is 1. The van der Waals surface area contributed by atoms with E-state index >= 15 is 0 Å². The van der Waals surface area contributed by atoms with Gasteiger partial charge in [0.2, 0.25) is 5.91 Å². The predicted molar refractivity (Wildman–Crippen MR) is 97.0 cm³/mol. The molecule has 0 radical (unpaired) electrons. The molecule has 0 atom stereocenters. The van der Waals surface area contributed by atoms with Gasteiger partial charge in [-0.1, -0.05) is 24.3 Å². The van der Waals surface area contributed by atoms with Crippen molar-refractivity contribution in [2.45, 2.75) is 19.3 Å². The lowest BCUT2D eigenvalue weighted by atomic mass is 10.2. The highest BCUT2D eigenvalue weighted by Gasteiger charge is 2.28. The molecule has 3 rings (SSSR count). The van der Waals surface area contributed by atoms with E-state index in [9.17, 15) is 22.8 Å². The van der Waals surface area contributed by atoms with Crippen molar-refractivity contribution in [2.24, 2.45) is 7.05 Å².